The first-order valence-electron chi connectivity index (χ1n) is 2.48. The van der Waals surface area contributed by atoms with Gasteiger partial charge in [-0.15, -0.1) is 0 Å². The molecule has 0 aliphatic carbocycles. The summed E-state index contributed by atoms with van der Waals surface area (Å²) in [6.45, 7) is 0.577. The van der Waals surface area contributed by atoms with E-state index >= 15 is 0 Å². The number of hydrogen-bond acceptors (Lipinski definition) is 3. The van der Waals surface area contributed by atoms with Crippen LogP contribution in [0.3, 0.4) is 0 Å². The van der Waals surface area contributed by atoms with Crippen LogP contribution < -0.4 is 10.4 Å². The molecule has 5 heteroatoms. The Morgan fingerprint density at radius 3 is 2.67 bits per heavy atom. The summed E-state index contributed by atoms with van der Waals surface area (Å²) in [4.78, 5) is 21.0. The van der Waals surface area contributed by atoms with Crippen LogP contribution in [-0.2, 0) is 0 Å². The van der Waals surface area contributed by atoms with Crippen molar-refractivity contribution in [2.45, 2.75) is 0 Å². The molecule has 0 spiro atoms. The van der Waals surface area contributed by atoms with Gasteiger partial charge in [-0.2, -0.15) is 0 Å². The molecule has 1 aliphatic rings. The summed E-state index contributed by atoms with van der Waals surface area (Å²) in [6, 6.07) is -0.588. The highest BCUT2D eigenvalue weighted by atomic mass is 16.4. The summed E-state index contributed by atoms with van der Waals surface area (Å²) < 4.78 is 0. The highest BCUT2D eigenvalue weighted by Gasteiger charge is 2.19. The maximum absolute atomic E-state index is 10.4. The topological polar surface area (TPSA) is 72.5 Å². The summed E-state index contributed by atoms with van der Waals surface area (Å²) in [5.74, 6) is 0. The molecule has 50 valence electrons. The Kier molecular flexibility index (Phi) is 1.26. The minimum Gasteiger partial charge on any atom is -0.529 e. The molecular weight excluding hydrogens is 124 g/mol. The van der Waals surface area contributed by atoms with E-state index in [4.69, 9.17) is 0 Å². The number of rotatable bonds is 0. The first-order valence-corrected chi connectivity index (χ1v) is 2.48. The van der Waals surface area contributed by atoms with Gasteiger partial charge in [-0.25, -0.2) is 4.79 Å². The number of carboxylic acid groups (broad SMARTS) is 1. The molecule has 0 aromatic rings. The van der Waals surface area contributed by atoms with E-state index in [0.29, 0.717) is 11.4 Å². The molecule has 1 N–H and O–H groups in total. The van der Waals surface area contributed by atoms with Gasteiger partial charge in [0.05, 0.1) is 0 Å². The van der Waals surface area contributed by atoms with Crippen molar-refractivity contribution in [1.29, 1.82) is 0 Å². The molecule has 1 saturated heterocycles. The first kappa shape index (κ1) is 5.87. The second kappa shape index (κ2) is 1.93. The van der Waals surface area contributed by atoms with E-state index in [1.807, 2.05) is 0 Å². The lowest BCUT2D eigenvalue weighted by Crippen LogP contribution is -2.42. The summed E-state index contributed by atoms with van der Waals surface area (Å²) >= 11 is 0. The second-order valence-electron chi connectivity index (χ2n) is 1.65. The SMILES string of the molecule is O=C([O-])N1CCNC1=O. The molecule has 0 radical (unpaired) electrons. The summed E-state index contributed by atoms with van der Waals surface area (Å²) in [5, 5.41) is 12.3. The average Bonchev–Trinajstić information content (AvgIpc) is 2.13. The van der Waals surface area contributed by atoms with Gasteiger partial charge < -0.3 is 15.2 Å². The Labute approximate surface area is 51.3 Å². The predicted octanol–water partition coefficient (Wildman–Crippen LogP) is -1.65. The fourth-order valence-electron chi connectivity index (χ4n) is 0.646. The molecule has 0 atom stereocenters. The number of imide groups is 1. The molecule has 5 nitrogen and oxygen atoms in total. The van der Waals surface area contributed by atoms with Gasteiger partial charge in [0.2, 0.25) is 0 Å². The van der Waals surface area contributed by atoms with E-state index in [9.17, 15) is 14.7 Å². The van der Waals surface area contributed by atoms with Crippen LogP contribution in [-0.4, -0.2) is 30.1 Å². The number of hydrogen-bond donors (Lipinski definition) is 1. The Hall–Kier alpha value is -1.26. The maximum Gasteiger partial charge on any atom is 0.322 e. The molecule has 1 rings (SSSR count). The van der Waals surface area contributed by atoms with E-state index in [1.54, 1.807) is 0 Å². The number of carbonyl (C=O) groups excluding carboxylic acids is 2. The van der Waals surface area contributed by atoms with Crippen LogP contribution >= 0.6 is 0 Å². The van der Waals surface area contributed by atoms with Crippen molar-refractivity contribution in [3.63, 3.8) is 0 Å². The third-order valence-electron chi connectivity index (χ3n) is 1.08. The zero-order valence-electron chi connectivity index (χ0n) is 4.59. The van der Waals surface area contributed by atoms with Crippen LogP contribution in [0, 0.1) is 0 Å². The molecule has 3 amide bonds. The van der Waals surface area contributed by atoms with E-state index in [-0.39, 0.29) is 6.54 Å². The number of carbonyl (C=O) groups is 2. The number of amides is 3. The zero-order chi connectivity index (χ0) is 6.85. The lowest BCUT2D eigenvalue weighted by molar-refractivity contribution is -0.260. The molecule has 0 aromatic heterocycles. The smallest absolute Gasteiger partial charge is 0.322 e. The minimum atomic E-state index is -1.44. The zero-order valence-corrected chi connectivity index (χ0v) is 4.59. The van der Waals surface area contributed by atoms with Gasteiger partial charge in [0, 0.05) is 13.1 Å². The quantitative estimate of drug-likeness (QED) is 0.426. The van der Waals surface area contributed by atoms with E-state index in [1.165, 1.54) is 0 Å². The van der Waals surface area contributed by atoms with Gasteiger partial charge in [-0.05, 0) is 0 Å². The van der Waals surface area contributed by atoms with Gasteiger partial charge in [0.15, 0.2) is 0 Å². The van der Waals surface area contributed by atoms with Crippen molar-refractivity contribution >= 4 is 12.1 Å². The van der Waals surface area contributed by atoms with Crippen LogP contribution in [0.15, 0.2) is 0 Å². The Balaban J connectivity index is 2.60. The molecule has 0 unspecified atom stereocenters. The maximum atomic E-state index is 10.4. The van der Waals surface area contributed by atoms with Crippen molar-refractivity contribution in [2.24, 2.45) is 0 Å². The van der Waals surface area contributed by atoms with Gasteiger partial charge >= 0.3 is 6.03 Å². The second-order valence-corrected chi connectivity index (χ2v) is 1.65. The van der Waals surface area contributed by atoms with Crippen molar-refractivity contribution in [2.75, 3.05) is 13.1 Å². The van der Waals surface area contributed by atoms with Gasteiger partial charge in [0.25, 0.3) is 0 Å². The van der Waals surface area contributed by atoms with Crippen molar-refractivity contribution in [3.05, 3.63) is 0 Å². The molecule has 1 aliphatic heterocycles. The fourth-order valence-corrected chi connectivity index (χ4v) is 0.646. The van der Waals surface area contributed by atoms with Crippen LogP contribution in [0.25, 0.3) is 0 Å². The van der Waals surface area contributed by atoms with Gasteiger partial charge in [-0.3, -0.25) is 4.90 Å². The third kappa shape index (κ3) is 0.933. The molecule has 1 heterocycles. The predicted molar refractivity (Wildman–Crippen MR) is 25.5 cm³/mol. The summed E-state index contributed by atoms with van der Waals surface area (Å²) in [6.07, 6.45) is -1.44. The monoisotopic (exact) mass is 129 g/mol. The highest BCUT2D eigenvalue weighted by molar-refractivity contribution is 5.90. The van der Waals surface area contributed by atoms with Crippen LogP contribution in [0.2, 0.25) is 0 Å². The van der Waals surface area contributed by atoms with E-state index < -0.39 is 12.1 Å². The molecule has 9 heavy (non-hydrogen) atoms. The average molecular weight is 129 g/mol. The van der Waals surface area contributed by atoms with Gasteiger partial charge in [-0.1, -0.05) is 0 Å². The van der Waals surface area contributed by atoms with E-state index in [2.05, 4.69) is 5.32 Å². The Morgan fingerprint density at radius 1 is 1.78 bits per heavy atom. The van der Waals surface area contributed by atoms with Crippen LogP contribution in [0.1, 0.15) is 0 Å². The Bertz CT molecular complexity index is 156. The van der Waals surface area contributed by atoms with Crippen molar-refractivity contribution < 1.29 is 14.7 Å². The summed E-state index contributed by atoms with van der Waals surface area (Å²) in [5.41, 5.74) is 0. The first-order chi connectivity index (χ1) is 4.22. The molecular formula is C4H5N2O3-. The molecule has 0 bridgehead atoms. The molecule has 1 fully saturated rings. The van der Waals surface area contributed by atoms with E-state index in [0.717, 1.165) is 0 Å². The van der Waals surface area contributed by atoms with Gasteiger partial charge in [0.1, 0.15) is 6.09 Å². The summed E-state index contributed by atoms with van der Waals surface area (Å²) in [7, 11) is 0. The normalized spacial score (nSPS) is 17.8. The third-order valence-corrected chi connectivity index (χ3v) is 1.08. The minimum absolute atomic E-state index is 0.196. The molecule has 0 saturated carbocycles. The largest absolute Gasteiger partial charge is 0.529 e. The fraction of sp³-hybridized carbons (Fsp3) is 0.500. The number of nitrogens with zero attached hydrogens (tertiary/aromatic N) is 1. The van der Waals surface area contributed by atoms with Crippen molar-refractivity contribution in [1.82, 2.24) is 10.2 Å². The van der Waals surface area contributed by atoms with Crippen LogP contribution in [0.5, 0.6) is 0 Å². The van der Waals surface area contributed by atoms with Crippen molar-refractivity contribution in [3.8, 4) is 0 Å². The molecule has 0 aromatic carbocycles. The lowest BCUT2D eigenvalue weighted by Gasteiger charge is -2.12. The highest BCUT2D eigenvalue weighted by Crippen LogP contribution is 1.93. The standard InChI is InChI=1S/C4H6N2O3/c7-3-5-1-2-6(3)4(8)9/h1-2H2,(H,5,7)(H,8,9)/p-1. The number of nitrogens with one attached hydrogen (secondary N) is 1. The number of urea groups is 1. The Morgan fingerprint density at radius 2 is 2.44 bits per heavy atom. The lowest BCUT2D eigenvalue weighted by atomic mass is 10.6. The van der Waals surface area contributed by atoms with Crippen LogP contribution in [0.4, 0.5) is 9.59 Å².